The molecule has 1 amide bonds. The summed E-state index contributed by atoms with van der Waals surface area (Å²) in [6.07, 6.45) is 8.61. The first-order chi connectivity index (χ1) is 9.25. The van der Waals surface area contributed by atoms with Crippen molar-refractivity contribution in [3.63, 3.8) is 0 Å². The Labute approximate surface area is 122 Å². The quantitative estimate of drug-likeness (QED) is 0.640. The Balaban J connectivity index is 1.50. The van der Waals surface area contributed by atoms with Crippen LogP contribution in [0.25, 0.3) is 0 Å². The highest BCUT2D eigenvalue weighted by Crippen LogP contribution is 2.34. The molecule has 110 valence electrons. The highest BCUT2D eigenvalue weighted by Gasteiger charge is 2.21. The van der Waals surface area contributed by atoms with Gasteiger partial charge in [0.2, 0.25) is 5.91 Å². The average Bonchev–Trinajstić information content (AvgIpc) is 3.26. The van der Waals surface area contributed by atoms with Crippen LogP contribution in [0, 0.1) is 0 Å². The van der Waals surface area contributed by atoms with Crippen molar-refractivity contribution in [2.45, 2.75) is 50.2 Å². The van der Waals surface area contributed by atoms with Crippen LogP contribution in [0.2, 0.25) is 0 Å². The number of piperidine rings is 1. The van der Waals surface area contributed by atoms with Gasteiger partial charge in [-0.2, -0.15) is 11.8 Å². The van der Waals surface area contributed by atoms with Crippen molar-refractivity contribution in [1.29, 1.82) is 0 Å². The summed E-state index contributed by atoms with van der Waals surface area (Å²) in [5.74, 6) is 1.49. The standard InChI is InChI=1S/C15H28N2OS/c1-16(11-12-17-9-3-2-4-10-17)15(18)6-5-13-19-14-7-8-14/h14H,2-13H2,1H3. The molecule has 2 fully saturated rings. The monoisotopic (exact) mass is 284 g/mol. The Morgan fingerprint density at radius 1 is 1.26 bits per heavy atom. The van der Waals surface area contributed by atoms with Gasteiger partial charge in [0.25, 0.3) is 0 Å². The van der Waals surface area contributed by atoms with Crippen LogP contribution in [0.4, 0.5) is 0 Å². The van der Waals surface area contributed by atoms with Crippen LogP contribution >= 0.6 is 11.8 Å². The third-order valence-corrected chi connectivity index (χ3v) is 5.51. The number of rotatable bonds is 8. The zero-order chi connectivity index (χ0) is 13.5. The molecule has 0 N–H and O–H groups in total. The van der Waals surface area contributed by atoms with Gasteiger partial charge in [0, 0.05) is 31.8 Å². The molecule has 3 nitrogen and oxygen atoms in total. The second-order valence-electron chi connectivity index (χ2n) is 5.89. The van der Waals surface area contributed by atoms with Crippen molar-refractivity contribution in [2.24, 2.45) is 0 Å². The number of hydrogen-bond donors (Lipinski definition) is 0. The van der Waals surface area contributed by atoms with Crippen LogP contribution in [-0.2, 0) is 4.79 Å². The molecular weight excluding hydrogens is 256 g/mol. The lowest BCUT2D eigenvalue weighted by Crippen LogP contribution is -2.38. The minimum Gasteiger partial charge on any atom is -0.344 e. The van der Waals surface area contributed by atoms with Crippen LogP contribution in [0.1, 0.15) is 44.9 Å². The molecule has 0 bridgehead atoms. The van der Waals surface area contributed by atoms with Gasteiger partial charge in [-0.05, 0) is 50.9 Å². The maximum Gasteiger partial charge on any atom is 0.222 e. The summed E-state index contributed by atoms with van der Waals surface area (Å²) >= 11 is 2.05. The van der Waals surface area contributed by atoms with Gasteiger partial charge in [0.05, 0.1) is 0 Å². The molecule has 2 rings (SSSR count). The number of likely N-dealkylation sites (N-methyl/N-ethyl adjacent to an activating group) is 1. The predicted molar refractivity (Wildman–Crippen MR) is 82.6 cm³/mol. The van der Waals surface area contributed by atoms with Gasteiger partial charge in [-0.15, -0.1) is 0 Å². The predicted octanol–water partition coefficient (Wildman–Crippen LogP) is 2.61. The summed E-state index contributed by atoms with van der Waals surface area (Å²) in [6, 6.07) is 0. The summed E-state index contributed by atoms with van der Waals surface area (Å²) in [6.45, 7) is 4.40. The van der Waals surface area contributed by atoms with Crippen LogP contribution in [0.5, 0.6) is 0 Å². The molecule has 1 aliphatic carbocycles. The number of carbonyl (C=O) groups is 1. The zero-order valence-electron chi connectivity index (χ0n) is 12.3. The van der Waals surface area contributed by atoms with E-state index in [1.807, 2.05) is 11.9 Å². The molecular formula is C15H28N2OS. The molecule has 4 heteroatoms. The fourth-order valence-corrected chi connectivity index (χ4v) is 3.61. The molecule has 19 heavy (non-hydrogen) atoms. The topological polar surface area (TPSA) is 23.6 Å². The van der Waals surface area contributed by atoms with Gasteiger partial charge in [-0.25, -0.2) is 0 Å². The first-order valence-corrected chi connectivity index (χ1v) is 8.88. The van der Waals surface area contributed by atoms with Crippen molar-refractivity contribution in [3.8, 4) is 0 Å². The summed E-state index contributed by atoms with van der Waals surface area (Å²) in [5, 5.41) is 0.923. The van der Waals surface area contributed by atoms with Crippen molar-refractivity contribution >= 4 is 17.7 Å². The van der Waals surface area contributed by atoms with E-state index >= 15 is 0 Å². The van der Waals surface area contributed by atoms with E-state index in [1.165, 1.54) is 45.2 Å². The SMILES string of the molecule is CN(CCN1CCCCC1)C(=O)CCCSC1CC1. The van der Waals surface area contributed by atoms with Crippen LogP contribution < -0.4 is 0 Å². The molecule has 1 heterocycles. The minimum atomic E-state index is 0.327. The fraction of sp³-hybridized carbons (Fsp3) is 0.933. The van der Waals surface area contributed by atoms with Gasteiger partial charge >= 0.3 is 0 Å². The van der Waals surface area contributed by atoms with E-state index in [0.29, 0.717) is 5.91 Å². The van der Waals surface area contributed by atoms with E-state index in [4.69, 9.17) is 0 Å². The lowest BCUT2D eigenvalue weighted by molar-refractivity contribution is -0.130. The second kappa shape index (κ2) is 8.15. The molecule has 0 aromatic heterocycles. The second-order valence-corrected chi connectivity index (χ2v) is 7.30. The first kappa shape index (κ1) is 15.2. The lowest BCUT2D eigenvalue weighted by atomic mass is 10.1. The molecule has 0 unspecified atom stereocenters. The van der Waals surface area contributed by atoms with Gasteiger partial charge < -0.3 is 9.80 Å². The Kier molecular flexibility index (Phi) is 6.51. The number of carbonyl (C=O) groups excluding carboxylic acids is 1. The maximum absolute atomic E-state index is 12.0. The molecule has 0 spiro atoms. The highest BCUT2D eigenvalue weighted by atomic mass is 32.2. The van der Waals surface area contributed by atoms with Gasteiger partial charge in [0.1, 0.15) is 0 Å². The van der Waals surface area contributed by atoms with Crippen molar-refractivity contribution < 1.29 is 4.79 Å². The molecule has 0 aromatic rings. The molecule has 1 saturated carbocycles. The average molecular weight is 284 g/mol. The van der Waals surface area contributed by atoms with Gasteiger partial charge in [-0.1, -0.05) is 6.42 Å². The molecule has 0 aromatic carbocycles. The Morgan fingerprint density at radius 3 is 2.68 bits per heavy atom. The van der Waals surface area contributed by atoms with Crippen LogP contribution in [0.15, 0.2) is 0 Å². The van der Waals surface area contributed by atoms with E-state index in [2.05, 4.69) is 16.7 Å². The van der Waals surface area contributed by atoms with Gasteiger partial charge in [0.15, 0.2) is 0 Å². The smallest absolute Gasteiger partial charge is 0.222 e. The Morgan fingerprint density at radius 2 is 2.00 bits per heavy atom. The van der Waals surface area contributed by atoms with Crippen molar-refractivity contribution in [3.05, 3.63) is 0 Å². The minimum absolute atomic E-state index is 0.327. The zero-order valence-corrected chi connectivity index (χ0v) is 13.1. The molecule has 1 saturated heterocycles. The molecule has 2 aliphatic rings. The van der Waals surface area contributed by atoms with Crippen LogP contribution in [-0.4, -0.2) is 59.9 Å². The van der Waals surface area contributed by atoms with Crippen LogP contribution in [0.3, 0.4) is 0 Å². The van der Waals surface area contributed by atoms with E-state index in [9.17, 15) is 4.79 Å². The first-order valence-electron chi connectivity index (χ1n) is 7.83. The lowest BCUT2D eigenvalue weighted by Gasteiger charge is -2.28. The van der Waals surface area contributed by atoms with Crippen molar-refractivity contribution in [2.75, 3.05) is 39.0 Å². The number of likely N-dealkylation sites (tertiary alicyclic amines) is 1. The number of hydrogen-bond acceptors (Lipinski definition) is 3. The van der Waals surface area contributed by atoms with E-state index in [0.717, 1.165) is 36.9 Å². The largest absolute Gasteiger partial charge is 0.344 e. The van der Waals surface area contributed by atoms with E-state index in [-0.39, 0.29) is 0 Å². The third kappa shape index (κ3) is 6.17. The summed E-state index contributed by atoms with van der Waals surface area (Å²) < 4.78 is 0. The van der Waals surface area contributed by atoms with Crippen molar-refractivity contribution in [1.82, 2.24) is 9.80 Å². The third-order valence-electron chi connectivity index (χ3n) is 4.04. The Hall–Kier alpha value is -0.220. The molecule has 1 aliphatic heterocycles. The summed E-state index contributed by atoms with van der Waals surface area (Å²) in [4.78, 5) is 16.4. The summed E-state index contributed by atoms with van der Waals surface area (Å²) in [7, 11) is 1.96. The number of thioether (sulfide) groups is 1. The number of amides is 1. The molecule has 0 atom stereocenters. The summed E-state index contributed by atoms with van der Waals surface area (Å²) in [5.41, 5.74) is 0. The van der Waals surface area contributed by atoms with E-state index < -0.39 is 0 Å². The van der Waals surface area contributed by atoms with Gasteiger partial charge in [-0.3, -0.25) is 4.79 Å². The van der Waals surface area contributed by atoms with E-state index in [1.54, 1.807) is 0 Å². The normalized spacial score (nSPS) is 20.5. The Bertz CT molecular complexity index is 275. The highest BCUT2D eigenvalue weighted by molar-refractivity contribution is 8.00. The molecule has 0 radical (unpaired) electrons. The maximum atomic E-state index is 12.0. The number of nitrogens with zero attached hydrogens (tertiary/aromatic N) is 2. The fourth-order valence-electron chi connectivity index (χ4n) is 2.50.